The minimum absolute atomic E-state index is 0.176. The largest absolute Gasteiger partial charge is 0.228 e. The van der Waals surface area contributed by atoms with Crippen molar-refractivity contribution in [2.45, 2.75) is 50.5 Å². The molecule has 0 aliphatic heterocycles. The van der Waals surface area contributed by atoms with Crippen molar-refractivity contribution in [2.75, 3.05) is 0 Å². The number of benzene rings is 1. The van der Waals surface area contributed by atoms with Crippen molar-refractivity contribution in [3.8, 4) is 0 Å². The fourth-order valence-electron chi connectivity index (χ4n) is 2.19. The molecule has 0 atom stereocenters. The normalized spacial score (nSPS) is 12.1. The van der Waals surface area contributed by atoms with E-state index in [1.165, 1.54) is 0 Å². The summed E-state index contributed by atoms with van der Waals surface area (Å²) in [5, 5.41) is -0.422. The van der Waals surface area contributed by atoms with E-state index in [1.54, 1.807) is 0 Å². The quantitative estimate of drug-likeness (QED) is 0.764. The van der Waals surface area contributed by atoms with E-state index in [0.29, 0.717) is 12.8 Å². The van der Waals surface area contributed by atoms with Crippen molar-refractivity contribution in [1.29, 1.82) is 0 Å². The van der Waals surface area contributed by atoms with Gasteiger partial charge < -0.3 is 0 Å². The van der Waals surface area contributed by atoms with Gasteiger partial charge in [-0.2, -0.15) is 0 Å². The fourth-order valence-corrected chi connectivity index (χ4v) is 4.25. The molecule has 0 amide bonds. The first-order valence-electron chi connectivity index (χ1n) is 6.55. The highest BCUT2D eigenvalue weighted by molar-refractivity contribution is 7.91. The van der Waals surface area contributed by atoms with Crippen LogP contribution in [0.3, 0.4) is 0 Å². The third-order valence-electron chi connectivity index (χ3n) is 3.02. The predicted molar refractivity (Wildman–Crippen MR) is 72.6 cm³/mol. The average Bonchev–Trinajstić information content (AvgIpc) is 2.26. The maximum Gasteiger partial charge on any atom is 0.157 e. The van der Waals surface area contributed by atoms with Gasteiger partial charge in [0.25, 0.3) is 0 Å². The summed E-state index contributed by atoms with van der Waals surface area (Å²) in [4.78, 5) is 0. The second kappa shape index (κ2) is 6.98. The van der Waals surface area contributed by atoms with Crippen LogP contribution in [-0.2, 0) is 15.6 Å². The summed E-state index contributed by atoms with van der Waals surface area (Å²) in [5.74, 6) is -1.78. The molecule has 1 aromatic rings. The highest BCUT2D eigenvalue weighted by Gasteiger charge is 2.24. The second-order valence-corrected chi connectivity index (χ2v) is 7.07. The van der Waals surface area contributed by atoms with Crippen molar-refractivity contribution >= 4 is 9.84 Å². The lowest BCUT2D eigenvalue weighted by Gasteiger charge is -2.16. The molecule has 0 N–H and O–H groups in total. The summed E-state index contributed by atoms with van der Waals surface area (Å²) in [6.07, 6.45) is 2.74. The molecule has 0 aliphatic carbocycles. The first-order chi connectivity index (χ1) is 8.89. The van der Waals surface area contributed by atoms with Gasteiger partial charge in [0.15, 0.2) is 9.84 Å². The third-order valence-corrected chi connectivity index (χ3v) is 5.24. The van der Waals surface area contributed by atoms with Crippen LogP contribution in [0.4, 0.5) is 8.78 Å². The summed E-state index contributed by atoms with van der Waals surface area (Å²) in [6.45, 7) is 3.86. The van der Waals surface area contributed by atoms with Gasteiger partial charge in [-0.1, -0.05) is 26.7 Å². The Bertz CT molecular complexity index is 486. The lowest BCUT2D eigenvalue weighted by atomic mass is 10.2. The molecule has 0 bridgehead atoms. The van der Waals surface area contributed by atoms with E-state index < -0.39 is 26.7 Å². The van der Waals surface area contributed by atoms with Gasteiger partial charge in [0.05, 0.1) is 11.0 Å². The van der Waals surface area contributed by atoms with E-state index in [1.807, 2.05) is 13.8 Å². The van der Waals surface area contributed by atoms with Gasteiger partial charge in [0.1, 0.15) is 11.6 Å². The smallest absolute Gasteiger partial charge is 0.157 e. The monoisotopic (exact) mass is 290 g/mol. The molecule has 0 spiro atoms. The molecule has 0 heterocycles. The Morgan fingerprint density at radius 1 is 1.00 bits per heavy atom. The first-order valence-corrected chi connectivity index (χ1v) is 8.27. The van der Waals surface area contributed by atoms with E-state index in [2.05, 4.69) is 0 Å². The molecule has 0 radical (unpaired) electrons. The molecule has 0 unspecified atom stereocenters. The summed E-state index contributed by atoms with van der Waals surface area (Å²) >= 11 is 0. The molecule has 0 saturated heterocycles. The zero-order chi connectivity index (χ0) is 14.5. The molecule has 19 heavy (non-hydrogen) atoms. The van der Waals surface area contributed by atoms with Gasteiger partial charge in [-0.15, -0.1) is 0 Å². The number of halogens is 2. The maximum absolute atomic E-state index is 13.1. The summed E-state index contributed by atoms with van der Waals surface area (Å²) in [7, 11) is -3.37. The van der Waals surface area contributed by atoms with Gasteiger partial charge in [-0.25, -0.2) is 17.2 Å². The molecule has 0 aromatic heterocycles. The van der Waals surface area contributed by atoms with Crippen molar-refractivity contribution in [1.82, 2.24) is 0 Å². The Kier molecular flexibility index (Phi) is 5.91. The fraction of sp³-hybridized carbons (Fsp3) is 0.571. The van der Waals surface area contributed by atoms with Gasteiger partial charge in [0, 0.05) is 6.07 Å². The first kappa shape index (κ1) is 16.1. The minimum atomic E-state index is -3.37. The molecular formula is C14H20F2O2S. The summed E-state index contributed by atoms with van der Waals surface area (Å²) in [5.41, 5.74) is 0.176. The van der Waals surface area contributed by atoms with Crippen LogP contribution in [0.15, 0.2) is 18.2 Å². The minimum Gasteiger partial charge on any atom is -0.228 e. The van der Waals surface area contributed by atoms with E-state index in [4.69, 9.17) is 0 Å². The standard InChI is InChI=1S/C14H20F2O2S/c1-3-5-14(6-4-2)19(17,18)10-11-7-12(15)9-13(16)8-11/h7-9,14H,3-6,10H2,1-2H3. The van der Waals surface area contributed by atoms with Crippen molar-refractivity contribution in [3.63, 3.8) is 0 Å². The number of hydrogen-bond acceptors (Lipinski definition) is 2. The Hall–Kier alpha value is -0.970. The van der Waals surface area contributed by atoms with Crippen LogP contribution >= 0.6 is 0 Å². The molecular weight excluding hydrogens is 270 g/mol. The lowest BCUT2D eigenvalue weighted by Crippen LogP contribution is -2.23. The average molecular weight is 290 g/mol. The Morgan fingerprint density at radius 3 is 1.89 bits per heavy atom. The van der Waals surface area contributed by atoms with Gasteiger partial charge in [0.2, 0.25) is 0 Å². The van der Waals surface area contributed by atoms with Gasteiger partial charge in [-0.3, -0.25) is 0 Å². The zero-order valence-corrected chi connectivity index (χ0v) is 12.1. The second-order valence-electron chi connectivity index (χ2n) is 4.78. The zero-order valence-electron chi connectivity index (χ0n) is 11.3. The third kappa shape index (κ3) is 4.90. The highest BCUT2D eigenvalue weighted by atomic mass is 32.2. The van der Waals surface area contributed by atoms with Crippen LogP contribution in [0.2, 0.25) is 0 Å². The molecule has 1 rings (SSSR count). The van der Waals surface area contributed by atoms with Crippen LogP contribution < -0.4 is 0 Å². The summed E-state index contributed by atoms with van der Waals surface area (Å²) < 4.78 is 50.6. The molecule has 0 aliphatic rings. The molecule has 0 fully saturated rings. The number of hydrogen-bond donors (Lipinski definition) is 0. The lowest BCUT2D eigenvalue weighted by molar-refractivity contribution is 0.552. The van der Waals surface area contributed by atoms with E-state index in [0.717, 1.165) is 31.0 Å². The topological polar surface area (TPSA) is 34.1 Å². The Balaban J connectivity index is 2.93. The molecule has 1 aromatic carbocycles. The molecule has 0 saturated carbocycles. The van der Waals surface area contributed by atoms with Crippen LogP contribution in [0.1, 0.15) is 45.1 Å². The van der Waals surface area contributed by atoms with E-state index >= 15 is 0 Å². The van der Waals surface area contributed by atoms with E-state index in [9.17, 15) is 17.2 Å². The van der Waals surface area contributed by atoms with Crippen LogP contribution in [0.25, 0.3) is 0 Å². The Morgan fingerprint density at radius 2 is 1.47 bits per heavy atom. The summed E-state index contributed by atoms with van der Waals surface area (Å²) in [6, 6.07) is 2.90. The van der Waals surface area contributed by atoms with E-state index in [-0.39, 0.29) is 11.3 Å². The molecule has 5 heteroatoms. The van der Waals surface area contributed by atoms with Gasteiger partial charge in [-0.05, 0) is 30.5 Å². The maximum atomic E-state index is 13.1. The number of sulfone groups is 1. The van der Waals surface area contributed by atoms with Crippen molar-refractivity contribution in [2.24, 2.45) is 0 Å². The molecule has 108 valence electrons. The molecule has 2 nitrogen and oxygen atoms in total. The number of rotatable bonds is 7. The predicted octanol–water partition coefficient (Wildman–Crippen LogP) is 3.85. The van der Waals surface area contributed by atoms with Crippen LogP contribution in [0, 0.1) is 11.6 Å². The van der Waals surface area contributed by atoms with Crippen LogP contribution in [-0.4, -0.2) is 13.7 Å². The van der Waals surface area contributed by atoms with Crippen LogP contribution in [0.5, 0.6) is 0 Å². The Labute approximate surface area is 113 Å². The van der Waals surface area contributed by atoms with Gasteiger partial charge >= 0.3 is 0 Å². The van der Waals surface area contributed by atoms with Crippen molar-refractivity contribution < 1.29 is 17.2 Å². The SMILES string of the molecule is CCCC(CCC)S(=O)(=O)Cc1cc(F)cc(F)c1. The van der Waals surface area contributed by atoms with Crippen molar-refractivity contribution in [3.05, 3.63) is 35.4 Å². The highest BCUT2D eigenvalue weighted by Crippen LogP contribution is 2.20.